The standard InChI is InChI=1S/C16H11ClFN3OS2/c17-12-7-5-10(6-8-12)14(22)19-15-20-21-16(24-15)23-9-11-3-1-2-4-13(11)18/h1-8H,9H2,(H,19,20,22). The van der Waals surface area contributed by atoms with Crippen LogP contribution in [0.4, 0.5) is 9.52 Å². The van der Waals surface area contributed by atoms with Gasteiger partial charge in [-0.3, -0.25) is 10.1 Å². The summed E-state index contributed by atoms with van der Waals surface area (Å²) in [6.45, 7) is 0. The molecular weight excluding hydrogens is 369 g/mol. The van der Waals surface area contributed by atoms with Gasteiger partial charge in [-0.15, -0.1) is 10.2 Å². The summed E-state index contributed by atoms with van der Waals surface area (Å²) >= 11 is 8.41. The van der Waals surface area contributed by atoms with E-state index >= 15 is 0 Å². The lowest BCUT2D eigenvalue weighted by Gasteiger charge is -2.01. The van der Waals surface area contributed by atoms with Gasteiger partial charge in [-0.1, -0.05) is 52.9 Å². The van der Waals surface area contributed by atoms with Gasteiger partial charge >= 0.3 is 0 Å². The molecule has 0 aliphatic carbocycles. The van der Waals surface area contributed by atoms with Crippen LogP contribution >= 0.6 is 34.7 Å². The van der Waals surface area contributed by atoms with Crippen molar-refractivity contribution >= 4 is 45.7 Å². The van der Waals surface area contributed by atoms with Gasteiger partial charge < -0.3 is 0 Å². The second-order valence-corrected chi connectivity index (χ2v) is 7.35. The molecule has 1 N–H and O–H groups in total. The van der Waals surface area contributed by atoms with Gasteiger partial charge in [0.25, 0.3) is 5.91 Å². The van der Waals surface area contributed by atoms with E-state index in [2.05, 4.69) is 15.5 Å². The summed E-state index contributed by atoms with van der Waals surface area (Å²) in [7, 11) is 0. The van der Waals surface area contributed by atoms with Gasteiger partial charge in [0, 0.05) is 16.3 Å². The van der Waals surface area contributed by atoms with Gasteiger partial charge in [-0.05, 0) is 35.9 Å². The fourth-order valence-corrected chi connectivity index (χ4v) is 3.70. The molecule has 0 saturated carbocycles. The van der Waals surface area contributed by atoms with Gasteiger partial charge in [0.05, 0.1) is 0 Å². The average molecular weight is 380 g/mol. The van der Waals surface area contributed by atoms with Gasteiger partial charge in [0.2, 0.25) is 5.13 Å². The molecular formula is C16H11ClFN3OS2. The first-order chi connectivity index (χ1) is 11.6. The predicted octanol–water partition coefficient (Wildman–Crippen LogP) is 4.88. The second kappa shape index (κ2) is 7.74. The molecule has 0 radical (unpaired) electrons. The van der Waals surface area contributed by atoms with Crippen LogP contribution in [0, 0.1) is 5.82 Å². The molecule has 24 heavy (non-hydrogen) atoms. The molecule has 2 aromatic carbocycles. The number of amides is 1. The summed E-state index contributed by atoms with van der Waals surface area (Å²) < 4.78 is 14.2. The summed E-state index contributed by atoms with van der Waals surface area (Å²) in [5.41, 5.74) is 1.08. The van der Waals surface area contributed by atoms with Crippen LogP contribution in [0.25, 0.3) is 0 Å². The Morgan fingerprint density at radius 3 is 2.67 bits per heavy atom. The van der Waals surface area contributed by atoms with Crippen molar-refractivity contribution in [2.24, 2.45) is 0 Å². The summed E-state index contributed by atoms with van der Waals surface area (Å²) in [5, 5.41) is 11.6. The van der Waals surface area contributed by atoms with Crippen molar-refractivity contribution in [1.82, 2.24) is 10.2 Å². The molecule has 0 fully saturated rings. The highest BCUT2D eigenvalue weighted by atomic mass is 35.5. The Kier molecular flexibility index (Phi) is 5.44. The van der Waals surface area contributed by atoms with E-state index < -0.39 is 0 Å². The number of carbonyl (C=O) groups is 1. The fraction of sp³-hybridized carbons (Fsp3) is 0.0625. The van der Waals surface area contributed by atoms with Crippen molar-refractivity contribution in [1.29, 1.82) is 0 Å². The quantitative estimate of drug-likeness (QED) is 0.507. The minimum absolute atomic E-state index is 0.245. The molecule has 0 aliphatic heterocycles. The first-order valence-electron chi connectivity index (χ1n) is 6.88. The molecule has 1 aromatic heterocycles. The number of hydrogen-bond donors (Lipinski definition) is 1. The van der Waals surface area contributed by atoms with Gasteiger partial charge in [0.1, 0.15) is 5.82 Å². The molecule has 3 aromatic rings. The van der Waals surface area contributed by atoms with Gasteiger partial charge in [-0.25, -0.2) is 4.39 Å². The van der Waals surface area contributed by atoms with E-state index in [9.17, 15) is 9.18 Å². The molecule has 4 nitrogen and oxygen atoms in total. The molecule has 0 bridgehead atoms. The zero-order valence-corrected chi connectivity index (χ0v) is 14.6. The number of aromatic nitrogens is 2. The number of hydrogen-bond acceptors (Lipinski definition) is 5. The van der Waals surface area contributed by atoms with Crippen molar-refractivity contribution in [2.75, 3.05) is 5.32 Å². The maximum Gasteiger partial charge on any atom is 0.257 e. The Morgan fingerprint density at radius 1 is 1.17 bits per heavy atom. The number of thioether (sulfide) groups is 1. The van der Waals surface area contributed by atoms with Crippen LogP contribution in [0.15, 0.2) is 52.9 Å². The van der Waals surface area contributed by atoms with Crippen molar-refractivity contribution in [2.45, 2.75) is 10.1 Å². The lowest BCUT2D eigenvalue weighted by Crippen LogP contribution is -2.11. The third-order valence-corrected chi connectivity index (χ3v) is 5.32. The van der Waals surface area contributed by atoms with Crippen LogP contribution in [-0.4, -0.2) is 16.1 Å². The number of carbonyl (C=O) groups excluding carboxylic acids is 1. The van der Waals surface area contributed by atoms with Crippen molar-refractivity contribution in [3.8, 4) is 0 Å². The first-order valence-corrected chi connectivity index (χ1v) is 9.06. The Hall–Kier alpha value is -1.96. The monoisotopic (exact) mass is 379 g/mol. The largest absolute Gasteiger partial charge is 0.296 e. The molecule has 0 spiro atoms. The molecule has 1 amide bonds. The maximum atomic E-state index is 13.6. The molecule has 0 saturated heterocycles. The normalized spacial score (nSPS) is 10.6. The summed E-state index contributed by atoms with van der Waals surface area (Å²) in [4.78, 5) is 12.1. The molecule has 0 atom stereocenters. The number of nitrogens with one attached hydrogen (secondary N) is 1. The highest BCUT2D eigenvalue weighted by Gasteiger charge is 2.11. The van der Waals surface area contributed by atoms with Crippen molar-refractivity contribution in [3.05, 3.63) is 70.5 Å². The predicted molar refractivity (Wildman–Crippen MR) is 95.3 cm³/mol. The number of rotatable bonds is 5. The smallest absolute Gasteiger partial charge is 0.257 e. The number of benzene rings is 2. The topological polar surface area (TPSA) is 54.9 Å². The van der Waals surface area contributed by atoms with Gasteiger partial charge in [-0.2, -0.15) is 0 Å². The van der Waals surface area contributed by atoms with E-state index in [4.69, 9.17) is 11.6 Å². The summed E-state index contributed by atoms with van der Waals surface area (Å²) in [6.07, 6.45) is 0. The average Bonchev–Trinajstić information content (AvgIpc) is 3.02. The van der Waals surface area contributed by atoms with Crippen LogP contribution in [0.5, 0.6) is 0 Å². The van der Waals surface area contributed by atoms with Crippen LogP contribution in [0.1, 0.15) is 15.9 Å². The zero-order valence-electron chi connectivity index (χ0n) is 12.2. The van der Waals surface area contributed by atoms with E-state index in [0.29, 0.717) is 31.4 Å². The third kappa shape index (κ3) is 4.31. The number of anilines is 1. The van der Waals surface area contributed by atoms with E-state index in [1.807, 2.05) is 0 Å². The molecule has 8 heteroatoms. The van der Waals surface area contributed by atoms with Crippen LogP contribution in [0.3, 0.4) is 0 Å². The minimum Gasteiger partial charge on any atom is -0.296 e. The van der Waals surface area contributed by atoms with E-state index in [1.54, 1.807) is 42.5 Å². The Morgan fingerprint density at radius 2 is 1.92 bits per heavy atom. The second-order valence-electron chi connectivity index (χ2n) is 4.71. The fourth-order valence-electron chi connectivity index (χ4n) is 1.84. The lowest BCUT2D eigenvalue weighted by molar-refractivity contribution is 0.102. The highest BCUT2D eigenvalue weighted by molar-refractivity contribution is 8.00. The number of halogens is 2. The van der Waals surface area contributed by atoms with E-state index in [1.165, 1.54) is 29.2 Å². The molecule has 0 unspecified atom stereocenters. The Labute approximate surface area is 151 Å². The minimum atomic E-state index is -0.284. The van der Waals surface area contributed by atoms with E-state index in [-0.39, 0.29) is 11.7 Å². The Balaban J connectivity index is 1.60. The molecule has 0 aliphatic rings. The molecule has 1 heterocycles. The summed E-state index contributed by atoms with van der Waals surface area (Å²) in [6, 6.07) is 13.1. The van der Waals surface area contributed by atoms with Crippen LogP contribution < -0.4 is 5.32 Å². The van der Waals surface area contributed by atoms with E-state index in [0.717, 1.165) is 0 Å². The third-order valence-electron chi connectivity index (χ3n) is 3.04. The number of nitrogens with zero attached hydrogens (tertiary/aromatic N) is 2. The van der Waals surface area contributed by atoms with Crippen LogP contribution in [-0.2, 0) is 5.75 Å². The zero-order chi connectivity index (χ0) is 16.9. The van der Waals surface area contributed by atoms with Crippen LogP contribution in [0.2, 0.25) is 5.02 Å². The van der Waals surface area contributed by atoms with Gasteiger partial charge in [0.15, 0.2) is 4.34 Å². The van der Waals surface area contributed by atoms with Crippen molar-refractivity contribution < 1.29 is 9.18 Å². The molecule has 3 rings (SSSR count). The maximum absolute atomic E-state index is 13.6. The first kappa shape index (κ1) is 16.9. The lowest BCUT2D eigenvalue weighted by atomic mass is 10.2. The Bertz CT molecular complexity index is 855. The SMILES string of the molecule is O=C(Nc1nnc(SCc2ccccc2F)s1)c1ccc(Cl)cc1. The molecule has 122 valence electrons. The summed E-state index contributed by atoms with van der Waals surface area (Å²) in [5.74, 6) is -0.0776. The van der Waals surface area contributed by atoms with Crippen molar-refractivity contribution in [3.63, 3.8) is 0 Å². The highest BCUT2D eigenvalue weighted by Crippen LogP contribution is 2.29.